The molecule has 0 aliphatic carbocycles. The Kier molecular flexibility index (Phi) is 4.45. The van der Waals surface area contributed by atoms with E-state index in [9.17, 15) is 18.5 Å². The van der Waals surface area contributed by atoms with Gasteiger partial charge < -0.3 is 0 Å². The SMILES string of the molecule is CC(CCl)S(=O)(=O)c1ncc(Br)cc1[N+](=O)[O-]. The predicted octanol–water partition coefficient (Wildman–Crippen LogP) is 2.15. The molecule has 0 fully saturated rings. The molecule has 0 saturated heterocycles. The third-order valence-electron chi connectivity index (χ3n) is 2.01. The van der Waals surface area contributed by atoms with Crippen LogP contribution >= 0.6 is 27.5 Å². The summed E-state index contributed by atoms with van der Waals surface area (Å²) in [4.78, 5) is 13.6. The van der Waals surface area contributed by atoms with Crippen molar-refractivity contribution in [2.45, 2.75) is 17.2 Å². The summed E-state index contributed by atoms with van der Waals surface area (Å²) < 4.78 is 24.2. The highest BCUT2D eigenvalue weighted by molar-refractivity contribution is 9.10. The van der Waals surface area contributed by atoms with Gasteiger partial charge in [0, 0.05) is 22.6 Å². The maximum Gasteiger partial charge on any atom is 0.307 e. The van der Waals surface area contributed by atoms with Gasteiger partial charge in [0.1, 0.15) is 0 Å². The molecule has 1 heterocycles. The Morgan fingerprint density at radius 1 is 1.65 bits per heavy atom. The van der Waals surface area contributed by atoms with Crippen LogP contribution in [-0.4, -0.2) is 29.5 Å². The molecular formula is C8H8BrClN2O4S. The van der Waals surface area contributed by atoms with Crippen LogP contribution in [0.1, 0.15) is 6.92 Å². The van der Waals surface area contributed by atoms with Gasteiger partial charge in [-0.2, -0.15) is 0 Å². The summed E-state index contributed by atoms with van der Waals surface area (Å²) >= 11 is 8.46. The van der Waals surface area contributed by atoms with E-state index in [-0.39, 0.29) is 5.88 Å². The second-order valence-corrected chi connectivity index (χ2v) is 6.75. The van der Waals surface area contributed by atoms with Crippen molar-refractivity contribution in [3.05, 3.63) is 26.9 Å². The number of rotatable bonds is 4. The number of nitrogens with zero attached hydrogens (tertiary/aromatic N) is 2. The first-order chi connectivity index (χ1) is 7.80. The first kappa shape index (κ1) is 14.3. The van der Waals surface area contributed by atoms with E-state index >= 15 is 0 Å². The Hall–Kier alpha value is -0.730. The van der Waals surface area contributed by atoms with Crippen molar-refractivity contribution in [3.8, 4) is 0 Å². The lowest BCUT2D eigenvalue weighted by Gasteiger charge is -2.09. The van der Waals surface area contributed by atoms with Crippen LogP contribution in [0.2, 0.25) is 0 Å². The number of pyridine rings is 1. The molecule has 0 aliphatic heterocycles. The molecule has 0 N–H and O–H groups in total. The zero-order chi connectivity index (χ0) is 13.2. The lowest BCUT2D eigenvalue weighted by molar-refractivity contribution is -0.388. The van der Waals surface area contributed by atoms with Crippen molar-refractivity contribution in [3.63, 3.8) is 0 Å². The second-order valence-electron chi connectivity index (χ2n) is 3.24. The molecule has 94 valence electrons. The predicted molar refractivity (Wildman–Crippen MR) is 66.0 cm³/mol. The Balaban J connectivity index is 3.47. The van der Waals surface area contributed by atoms with Crippen molar-refractivity contribution in [1.29, 1.82) is 0 Å². The number of hydrogen-bond acceptors (Lipinski definition) is 5. The van der Waals surface area contributed by atoms with E-state index in [1.54, 1.807) is 0 Å². The second kappa shape index (κ2) is 5.28. The molecule has 0 spiro atoms. The van der Waals surface area contributed by atoms with Crippen LogP contribution in [0.25, 0.3) is 0 Å². The van der Waals surface area contributed by atoms with Crippen molar-refractivity contribution >= 4 is 43.1 Å². The van der Waals surface area contributed by atoms with Gasteiger partial charge >= 0.3 is 5.69 Å². The highest BCUT2D eigenvalue weighted by Crippen LogP contribution is 2.27. The Morgan fingerprint density at radius 2 is 2.24 bits per heavy atom. The fourth-order valence-electron chi connectivity index (χ4n) is 1.04. The number of alkyl halides is 1. The molecule has 6 nitrogen and oxygen atoms in total. The van der Waals surface area contributed by atoms with Crippen molar-refractivity contribution in [2.75, 3.05) is 5.88 Å². The van der Waals surface area contributed by atoms with Crippen LogP contribution in [-0.2, 0) is 9.84 Å². The molecule has 0 radical (unpaired) electrons. The van der Waals surface area contributed by atoms with E-state index in [1.807, 2.05) is 0 Å². The summed E-state index contributed by atoms with van der Waals surface area (Å²) in [5.74, 6) is -0.156. The lowest BCUT2D eigenvalue weighted by atomic mass is 10.4. The average molecular weight is 344 g/mol. The number of halogens is 2. The Labute approximate surface area is 111 Å². The molecule has 0 aromatic carbocycles. The first-order valence-corrected chi connectivity index (χ1v) is 7.28. The maximum atomic E-state index is 11.9. The van der Waals surface area contributed by atoms with E-state index in [4.69, 9.17) is 11.6 Å². The van der Waals surface area contributed by atoms with Gasteiger partial charge in [-0.15, -0.1) is 11.6 Å². The molecule has 0 aliphatic rings. The minimum Gasteiger partial charge on any atom is -0.258 e. The summed E-state index contributed by atoms with van der Waals surface area (Å²) in [6.07, 6.45) is 1.20. The Morgan fingerprint density at radius 3 is 2.71 bits per heavy atom. The molecule has 0 bridgehead atoms. The van der Waals surface area contributed by atoms with Gasteiger partial charge in [0.25, 0.3) is 0 Å². The minimum atomic E-state index is -3.89. The zero-order valence-corrected chi connectivity index (χ0v) is 11.8. The number of sulfone groups is 1. The maximum absolute atomic E-state index is 11.9. The molecule has 0 saturated carbocycles. The van der Waals surface area contributed by atoms with Crippen LogP contribution in [0.3, 0.4) is 0 Å². The summed E-state index contributed by atoms with van der Waals surface area (Å²) in [7, 11) is -3.89. The van der Waals surface area contributed by atoms with E-state index in [2.05, 4.69) is 20.9 Å². The number of aromatic nitrogens is 1. The van der Waals surface area contributed by atoms with Gasteiger partial charge in [-0.3, -0.25) is 10.1 Å². The normalized spacial score (nSPS) is 13.4. The molecule has 1 atom stereocenters. The molecule has 1 aromatic heterocycles. The van der Waals surface area contributed by atoms with Gasteiger partial charge in [-0.25, -0.2) is 13.4 Å². The van der Waals surface area contributed by atoms with E-state index in [0.717, 1.165) is 6.07 Å². The average Bonchev–Trinajstić information content (AvgIpc) is 2.27. The summed E-state index contributed by atoms with van der Waals surface area (Å²) in [6.45, 7) is 1.37. The monoisotopic (exact) mass is 342 g/mol. The standard InChI is InChI=1S/C8H8BrClN2O4S/c1-5(3-10)17(15,16)8-7(12(13)14)2-6(9)4-11-8/h2,4-5H,3H2,1H3. The highest BCUT2D eigenvalue weighted by atomic mass is 79.9. The van der Waals surface area contributed by atoms with Gasteiger partial charge in [-0.05, 0) is 22.9 Å². The van der Waals surface area contributed by atoms with Crippen LogP contribution in [0.4, 0.5) is 5.69 Å². The van der Waals surface area contributed by atoms with Crippen LogP contribution in [0.15, 0.2) is 21.8 Å². The quantitative estimate of drug-likeness (QED) is 0.474. The molecular weight excluding hydrogens is 336 g/mol. The lowest BCUT2D eigenvalue weighted by Crippen LogP contribution is -2.21. The fourth-order valence-corrected chi connectivity index (χ4v) is 3.03. The smallest absolute Gasteiger partial charge is 0.258 e. The van der Waals surface area contributed by atoms with E-state index in [0.29, 0.717) is 4.47 Å². The molecule has 17 heavy (non-hydrogen) atoms. The highest BCUT2D eigenvalue weighted by Gasteiger charge is 2.32. The van der Waals surface area contributed by atoms with E-state index < -0.39 is 30.7 Å². The van der Waals surface area contributed by atoms with Crippen molar-refractivity contribution < 1.29 is 13.3 Å². The van der Waals surface area contributed by atoms with Crippen LogP contribution < -0.4 is 0 Å². The van der Waals surface area contributed by atoms with Gasteiger partial charge in [0.2, 0.25) is 14.9 Å². The van der Waals surface area contributed by atoms with Gasteiger partial charge in [0.05, 0.1) is 10.2 Å². The Bertz CT molecular complexity index is 548. The van der Waals surface area contributed by atoms with E-state index in [1.165, 1.54) is 13.1 Å². The molecule has 1 rings (SSSR count). The number of nitro groups is 1. The third kappa shape index (κ3) is 2.93. The first-order valence-electron chi connectivity index (χ1n) is 4.40. The van der Waals surface area contributed by atoms with Crippen molar-refractivity contribution in [1.82, 2.24) is 4.98 Å². The summed E-state index contributed by atoms with van der Waals surface area (Å²) in [6, 6.07) is 1.10. The minimum absolute atomic E-state index is 0.156. The summed E-state index contributed by atoms with van der Waals surface area (Å²) in [5, 5.41) is 9.29. The van der Waals surface area contributed by atoms with Crippen molar-refractivity contribution in [2.24, 2.45) is 0 Å². The largest absolute Gasteiger partial charge is 0.307 e. The molecule has 0 amide bonds. The van der Waals surface area contributed by atoms with Gasteiger partial charge in [-0.1, -0.05) is 0 Å². The number of hydrogen-bond donors (Lipinski definition) is 0. The molecule has 1 aromatic rings. The topological polar surface area (TPSA) is 90.2 Å². The fraction of sp³-hybridized carbons (Fsp3) is 0.375. The molecule has 1 unspecified atom stereocenters. The van der Waals surface area contributed by atoms with Crippen LogP contribution in [0.5, 0.6) is 0 Å². The summed E-state index contributed by atoms with van der Waals surface area (Å²) in [5.41, 5.74) is -0.559. The zero-order valence-electron chi connectivity index (χ0n) is 8.63. The van der Waals surface area contributed by atoms with Gasteiger partial charge in [0.15, 0.2) is 0 Å². The molecule has 9 heteroatoms. The van der Waals surface area contributed by atoms with Crippen LogP contribution in [0, 0.1) is 10.1 Å². The third-order valence-corrected chi connectivity index (χ3v) is 5.17.